The fourth-order valence-corrected chi connectivity index (χ4v) is 6.16. The normalized spacial score (nSPS) is 11.4. The standard InChI is InChI=1S/C24H17F3N2O3S2/c1-13-2-9-17(10-3-13)34(31,32)23-20(28)22(21(30)14-4-6-15(25)7-5-14)33-24(23)29-19-12-16(26)8-11-18(19)27/h2-12,29H,28H2,1H3. The average Bonchev–Trinajstić information content (AvgIpc) is 3.13. The summed E-state index contributed by atoms with van der Waals surface area (Å²) < 4.78 is 68.3. The third kappa shape index (κ3) is 4.42. The van der Waals surface area contributed by atoms with E-state index in [-0.39, 0.29) is 31.7 Å². The molecular weight excluding hydrogens is 485 g/mol. The Morgan fingerprint density at radius 2 is 1.53 bits per heavy atom. The van der Waals surface area contributed by atoms with Crippen molar-refractivity contribution in [3.05, 3.63) is 100 Å². The van der Waals surface area contributed by atoms with Crippen molar-refractivity contribution in [1.29, 1.82) is 0 Å². The van der Waals surface area contributed by atoms with Gasteiger partial charge in [0.25, 0.3) is 0 Å². The molecule has 1 aromatic heterocycles. The van der Waals surface area contributed by atoms with E-state index in [2.05, 4.69) is 5.32 Å². The van der Waals surface area contributed by atoms with Crippen LogP contribution in [0.1, 0.15) is 20.8 Å². The van der Waals surface area contributed by atoms with E-state index < -0.39 is 38.0 Å². The van der Waals surface area contributed by atoms with Crippen molar-refractivity contribution in [1.82, 2.24) is 0 Å². The first-order chi connectivity index (χ1) is 16.1. The molecule has 0 saturated heterocycles. The molecule has 0 unspecified atom stereocenters. The summed E-state index contributed by atoms with van der Waals surface area (Å²) in [4.78, 5) is 12.4. The van der Waals surface area contributed by atoms with Gasteiger partial charge < -0.3 is 11.1 Å². The summed E-state index contributed by atoms with van der Waals surface area (Å²) >= 11 is 0.680. The molecule has 0 aliphatic heterocycles. The van der Waals surface area contributed by atoms with Crippen LogP contribution < -0.4 is 11.1 Å². The van der Waals surface area contributed by atoms with Crippen molar-refractivity contribution in [3.8, 4) is 0 Å². The zero-order valence-electron chi connectivity index (χ0n) is 17.6. The molecule has 0 amide bonds. The summed E-state index contributed by atoms with van der Waals surface area (Å²) in [5.41, 5.74) is 6.40. The second kappa shape index (κ2) is 8.96. The number of carbonyl (C=O) groups is 1. The Hall–Kier alpha value is -3.63. The number of nitrogen functional groups attached to an aromatic ring is 1. The van der Waals surface area contributed by atoms with Gasteiger partial charge in [-0.05, 0) is 55.5 Å². The highest BCUT2D eigenvalue weighted by Gasteiger charge is 2.32. The van der Waals surface area contributed by atoms with E-state index in [9.17, 15) is 26.4 Å². The van der Waals surface area contributed by atoms with E-state index in [0.29, 0.717) is 11.3 Å². The van der Waals surface area contributed by atoms with E-state index in [1.807, 2.05) is 0 Å². The van der Waals surface area contributed by atoms with E-state index in [0.717, 1.165) is 35.9 Å². The monoisotopic (exact) mass is 502 g/mol. The quantitative estimate of drug-likeness (QED) is 0.322. The Kier molecular flexibility index (Phi) is 6.20. The summed E-state index contributed by atoms with van der Waals surface area (Å²) in [6.45, 7) is 1.79. The number of hydrogen-bond donors (Lipinski definition) is 2. The predicted molar refractivity (Wildman–Crippen MR) is 125 cm³/mol. The summed E-state index contributed by atoms with van der Waals surface area (Å²) in [7, 11) is -4.27. The maximum Gasteiger partial charge on any atom is 0.211 e. The van der Waals surface area contributed by atoms with Crippen LogP contribution in [0.15, 0.2) is 76.5 Å². The topological polar surface area (TPSA) is 89.3 Å². The van der Waals surface area contributed by atoms with Gasteiger partial charge in [0.1, 0.15) is 32.2 Å². The lowest BCUT2D eigenvalue weighted by Crippen LogP contribution is -2.08. The molecule has 0 atom stereocenters. The number of nitrogens with one attached hydrogen (secondary N) is 1. The molecule has 3 N–H and O–H groups in total. The van der Waals surface area contributed by atoms with E-state index >= 15 is 0 Å². The van der Waals surface area contributed by atoms with Gasteiger partial charge in [-0.15, -0.1) is 11.3 Å². The first kappa shape index (κ1) is 23.5. The van der Waals surface area contributed by atoms with E-state index in [4.69, 9.17) is 5.73 Å². The van der Waals surface area contributed by atoms with Gasteiger partial charge in [0.05, 0.1) is 16.3 Å². The number of anilines is 3. The number of thiophene rings is 1. The average molecular weight is 503 g/mol. The zero-order chi connectivity index (χ0) is 24.6. The summed E-state index contributed by atoms with van der Waals surface area (Å²) in [5.74, 6) is -2.78. The molecule has 0 spiro atoms. The van der Waals surface area contributed by atoms with Gasteiger partial charge in [-0.3, -0.25) is 4.79 Å². The van der Waals surface area contributed by atoms with Gasteiger partial charge in [-0.1, -0.05) is 17.7 Å². The minimum absolute atomic E-state index is 0.0807. The maximum absolute atomic E-state index is 14.3. The van der Waals surface area contributed by atoms with Crippen molar-refractivity contribution in [2.24, 2.45) is 0 Å². The molecule has 10 heteroatoms. The van der Waals surface area contributed by atoms with Crippen molar-refractivity contribution in [2.45, 2.75) is 16.7 Å². The van der Waals surface area contributed by atoms with Crippen molar-refractivity contribution >= 4 is 43.3 Å². The van der Waals surface area contributed by atoms with Crippen LogP contribution in [-0.4, -0.2) is 14.2 Å². The Balaban J connectivity index is 1.90. The molecule has 4 aromatic rings. The molecule has 0 bridgehead atoms. The summed E-state index contributed by atoms with van der Waals surface area (Å²) in [6.07, 6.45) is 0. The highest BCUT2D eigenvalue weighted by molar-refractivity contribution is 7.92. The molecule has 0 saturated carbocycles. The number of halogens is 3. The molecule has 5 nitrogen and oxygen atoms in total. The SMILES string of the molecule is Cc1ccc(S(=O)(=O)c2c(Nc3cc(F)ccc3F)sc(C(=O)c3ccc(F)cc3)c2N)cc1. The van der Waals surface area contributed by atoms with Gasteiger partial charge in [0, 0.05) is 11.6 Å². The lowest BCUT2D eigenvalue weighted by atomic mass is 10.1. The largest absolute Gasteiger partial charge is 0.396 e. The number of aryl methyl sites for hydroxylation is 1. The van der Waals surface area contributed by atoms with Crippen LogP contribution in [-0.2, 0) is 9.84 Å². The second-order valence-corrected chi connectivity index (χ2v) is 10.3. The first-order valence-electron chi connectivity index (χ1n) is 9.84. The summed E-state index contributed by atoms with van der Waals surface area (Å²) in [5, 5.41) is 2.42. The molecule has 0 aliphatic carbocycles. The van der Waals surface area contributed by atoms with Crippen LogP contribution in [0.2, 0.25) is 0 Å². The second-order valence-electron chi connectivity index (χ2n) is 7.40. The Bertz CT molecular complexity index is 1500. The third-order valence-corrected chi connectivity index (χ3v) is 8.09. The van der Waals surface area contributed by atoms with Gasteiger partial charge in [-0.2, -0.15) is 0 Å². The zero-order valence-corrected chi connectivity index (χ0v) is 19.2. The molecular formula is C24H17F3N2O3S2. The fourth-order valence-electron chi connectivity index (χ4n) is 3.23. The molecule has 3 aromatic carbocycles. The minimum Gasteiger partial charge on any atom is -0.396 e. The van der Waals surface area contributed by atoms with Crippen LogP contribution in [0.3, 0.4) is 0 Å². The van der Waals surface area contributed by atoms with Gasteiger partial charge in [0.15, 0.2) is 0 Å². The van der Waals surface area contributed by atoms with Gasteiger partial charge in [-0.25, -0.2) is 21.6 Å². The highest BCUT2D eigenvalue weighted by atomic mass is 32.2. The van der Waals surface area contributed by atoms with Crippen molar-refractivity contribution in [2.75, 3.05) is 11.1 Å². The molecule has 4 rings (SSSR count). The predicted octanol–water partition coefficient (Wildman–Crippen LogP) is 5.86. The number of benzene rings is 3. The molecule has 1 heterocycles. The van der Waals surface area contributed by atoms with Gasteiger partial charge in [0.2, 0.25) is 15.6 Å². The number of hydrogen-bond acceptors (Lipinski definition) is 6. The number of nitrogens with two attached hydrogens (primary N) is 1. The fraction of sp³-hybridized carbons (Fsp3) is 0.0417. The Morgan fingerprint density at radius 1 is 0.912 bits per heavy atom. The highest BCUT2D eigenvalue weighted by Crippen LogP contribution is 2.44. The maximum atomic E-state index is 14.3. The minimum atomic E-state index is -4.27. The Morgan fingerprint density at radius 3 is 2.18 bits per heavy atom. The smallest absolute Gasteiger partial charge is 0.211 e. The van der Waals surface area contributed by atoms with Crippen molar-refractivity contribution < 1.29 is 26.4 Å². The van der Waals surface area contributed by atoms with Crippen LogP contribution in [0, 0.1) is 24.4 Å². The van der Waals surface area contributed by atoms with Gasteiger partial charge >= 0.3 is 0 Å². The van der Waals surface area contributed by atoms with Crippen molar-refractivity contribution in [3.63, 3.8) is 0 Å². The molecule has 34 heavy (non-hydrogen) atoms. The van der Waals surface area contributed by atoms with Crippen LogP contribution in [0.4, 0.5) is 29.5 Å². The van der Waals surface area contributed by atoms with Crippen LogP contribution >= 0.6 is 11.3 Å². The summed E-state index contributed by atoms with van der Waals surface area (Å²) in [6, 6.07) is 13.3. The third-order valence-electron chi connectivity index (χ3n) is 4.99. The number of carbonyl (C=O) groups excluding carboxylic acids is 1. The van der Waals surface area contributed by atoms with Crippen LogP contribution in [0.25, 0.3) is 0 Å². The number of ketones is 1. The van der Waals surface area contributed by atoms with E-state index in [1.54, 1.807) is 19.1 Å². The Labute approximate surface area is 197 Å². The molecule has 0 radical (unpaired) electrons. The van der Waals surface area contributed by atoms with E-state index in [1.165, 1.54) is 24.3 Å². The first-order valence-corrected chi connectivity index (χ1v) is 12.1. The number of rotatable bonds is 6. The molecule has 0 aliphatic rings. The van der Waals surface area contributed by atoms with Crippen LogP contribution in [0.5, 0.6) is 0 Å². The lowest BCUT2D eigenvalue weighted by Gasteiger charge is -2.10. The number of sulfone groups is 1. The lowest BCUT2D eigenvalue weighted by molar-refractivity contribution is 0.104. The molecule has 174 valence electrons. The molecule has 0 fully saturated rings.